The van der Waals surface area contributed by atoms with Gasteiger partial charge in [-0.3, -0.25) is 0 Å². The number of thiazole rings is 1. The van der Waals surface area contributed by atoms with Gasteiger partial charge in [0.2, 0.25) is 0 Å². The van der Waals surface area contributed by atoms with Crippen molar-refractivity contribution in [1.82, 2.24) is 4.98 Å². The van der Waals surface area contributed by atoms with Crippen molar-refractivity contribution in [1.29, 1.82) is 0 Å². The van der Waals surface area contributed by atoms with Gasteiger partial charge in [0, 0.05) is 22.4 Å². The molecule has 2 rings (SSSR count). The second-order valence-corrected chi connectivity index (χ2v) is 6.55. The molecule has 0 radical (unpaired) electrons. The van der Waals surface area contributed by atoms with E-state index in [2.05, 4.69) is 4.98 Å². The number of nitrogens with zero attached hydrogens (tertiary/aromatic N) is 1. The van der Waals surface area contributed by atoms with E-state index in [0.717, 1.165) is 16.6 Å². The summed E-state index contributed by atoms with van der Waals surface area (Å²) in [6.45, 7) is 6.17. The third-order valence-corrected chi connectivity index (χ3v) is 3.97. The molecule has 108 valence electrons. The molecule has 0 aliphatic carbocycles. The molecule has 0 fully saturated rings. The second-order valence-electron chi connectivity index (χ2n) is 5.47. The van der Waals surface area contributed by atoms with Gasteiger partial charge in [0.1, 0.15) is 5.01 Å². The Bertz CT molecular complexity index is 645. The van der Waals surface area contributed by atoms with E-state index in [0.29, 0.717) is 5.01 Å². The van der Waals surface area contributed by atoms with Gasteiger partial charge < -0.3 is 5.73 Å². The van der Waals surface area contributed by atoms with Crippen LogP contribution in [0.15, 0.2) is 12.1 Å². The van der Waals surface area contributed by atoms with E-state index in [-0.39, 0.29) is 17.5 Å². The van der Waals surface area contributed by atoms with E-state index in [9.17, 15) is 13.2 Å². The summed E-state index contributed by atoms with van der Waals surface area (Å²) in [5.41, 5.74) is 6.13. The summed E-state index contributed by atoms with van der Waals surface area (Å²) >= 11 is 1.20. The SMILES string of the molecule is CC(C)(C)c1nc(-c2ccc(F)c(F)c2F)sc1CN. The first-order chi connectivity index (χ1) is 9.25. The molecule has 1 heterocycles. The number of rotatable bonds is 2. The van der Waals surface area contributed by atoms with Gasteiger partial charge in [0.05, 0.1) is 5.69 Å². The zero-order valence-corrected chi connectivity index (χ0v) is 12.2. The Labute approximate surface area is 119 Å². The lowest BCUT2D eigenvalue weighted by atomic mass is 9.91. The molecule has 2 N–H and O–H groups in total. The largest absolute Gasteiger partial charge is 0.326 e. The molecule has 0 aliphatic rings. The van der Waals surface area contributed by atoms with E-state index in [4.69, 9.17) is 5.73 Å². The molecule has 1 aromatic heterocycles. The minimum Gasteiger partial charge on any atom is -0.326 e. The van der Waals surface area contributed by atoms with Gasteiger partial charge >= 0.3 is 0 Å². The maximum atomic E-state index is 13.8. The molecular formula is C14H15F3N2S. The summed E-state index contributed by atoms with van der Waals surface area (Å²) in [6.07, 6.45) is 0. The third kappa shape index (κ3) is 2.58. The molecule has 2 nitrogen and oxygen atoms in total. The summed E-state index contributed by atoms with van der Waals surface area (Å²) < 4.78 is 40.1. The fourth-order valence-corrected chi connectivity index (χ4v) is 3.05. The fourth-order valence-electron chi connectivity index (χ4n) is 1.88. The number of hydrogen-bond donors (Lipinski definition) is 1. The van der Waals surface area contributed by atoms with Crippen LogP contribution in [0, 0.1) is 17.5 Å². The van der Waals surface area contributed by atoms with E-state index < -0.39 is 17.5 Å². The quantitative estimate of drug-likeness (QED) is 0.852. The lowest BCUT2D eigenvalue weighted by Gasteiger charge is -2.16. The first-order valence-electron chi connectivity index (χ1n) is 6.09. The van der Waals surface area contributed by atoms with Crippen molar-refractivity contribution in [2.24, 2.45) is 5.73 Å². The molecule has 20 heavy (non-hydrogen) atoms. The number of halogens is 3. The van der Waals surface area contributed by atoms with Gasteiger partial charge in [-0.25, -0.2) is 18.2 Å². The van der Waals surface area contributed by atoms with E-state index in [1.54, 1.807) is 0 Å². The third-order valence-electron chi connectivity index (χ3n) is 2.86. The van der Waals surface area contributed by atoms with E-state index in [1.807, 2.05) is 20.8 Å². The molecule has 0 unspecified atom stereocenters. The molecule has 0 atom stereocenters. The van der Waals surface area contributed by atoms with Crippen LogP contribution in [0.5, 0.6) is 0 Å². The van der Waals surface area contributed by atoms with Crippen LogP contribution in [0.3, 0.4) is 0 Å². The Kier molecular flexibility index (Phi) is 3.88. The highest BCUT2D eigenvalue weighted by molar-refractivity contribution is 7.15. The van der Waals surface area contributed by atoms with E-state index >= 15 is 0 Å². The fraction of sp³-hybridized carbons (Fsp3) is 0.357. The summed E-state index contributed by atoms with van der Waals surface area (Å²) in [5.74, 6) is -3.91. The van der Waals surface area contributed by atoms with Crippen LogP contribution in [0.1, 0.15) is 31.3 Å². The number of hydrogen-bond acceptors (Lipinski definition) is 3. The number of benzene rings is 1. The molecule has 0 saturated carbocycles. The monoisotopic (exact) mass is 300 g/mol. The van der Waals surface area contributed by atoms with Crippen molar-refractivity contribution >= 4 is 11.3 Å². The van der Waals surface area contributed by atoms with Gasteiger partial charge in [-0.05, 0) is 12.1 Å². The van der Waals surface area contributed by atoms with Gasteiger partial charge in [-0.15, -0.1) is 11.3 Å². The molecule has 0 spiro atoms. The van der Waals surface area contributed by atoms with Crippen molar-refractivity contribution in [2.75, 3.05) is 0 Å². The Hall–Kier alpha value is -1.40. The van der Waals surface area contributed by atoms with Gasteiger partial charge in [0.15, 0.2) is 17.5 Å². The molecule has 1 aromatic carbocycles. The molecule has 6 heteroatoms. The zero-order chi connectivity index (χ0) is 15.1. The highest BCUT2D eigenvalue weighted by Gasteiger charge is 2.25. The summed E-state index contributed by atoms with van der Waals surface area (Å²) in [7, 11) is 0. The molecule has 2 aromatic rings. The van der Waals surface area contributed by atoms with Crippen molar-refractivity contribution in [3.63, 3.8) is 0 Å². The molecule has 0 amide bonds. The highest BCUT2D eigenvalue weighted by atomic mass is 32.1. The minimum absolute atomic E-state index is 0.0425. The standard InChI is InChI=1S/C14H15F3N2S/c1-14(2,3)12-9(6-18)20-13(19-12)7-4-5-8(15)11(17)10(7)16/h4-5H,6,18H2,1-3H3. The average Bonchev–Trinajstić information content (AvgIpc) is 2.80. The minimum atomic E-state index is -1.48. The number of nitrogens with two attached hydrogens (primary N) is 1. The van der Waals surface area contributed by atoms with Gasteiger partial charge in [-0.2, -0.15) is 0 Å². The topological polar surface area (TPSA) is 38.9 Å². The van der Waals surface area contributed by atoms with Crippen LogP contribution in [-0.4, -0.2) is 4.98 Å². The molecular weight excluding hydrogens is 285 g/mol. The smallest absolute Gasteiger partial charge is 0.195 e. The van der Waals surface area contributed by atoms with Crippen LogP contribution >= 0.6 is 11.3 Å². The summed E-state index contributed by atoms with van der Waals surface area (Å²) in [6, 6.07) is 2.09. The molecule has 0 aliphatic heterocycles. The van der Waals surface area contributed by atoms with Gasteiger partial charge in [-0.1, -0.05) is 20.8 Å². The predicted octanol–water partition coefficient (Wildman–Crippen LogP) is 3.98. The zero-order valence-electron chi connectivity index (χ0n) is 11.4. The average molecular weight is 300 g/mol. The highest BCUT2D eigenvalue weighted by Crippen LogP contribution is 2.35. The summed E-state index contributed by atoms with van der Waals surface area (Å²) in [4.78, 5) is 5.18. The second kappa shape index (κ2) is 5.18. The van der Waals surface area contributed by atoms with Crippen LogP contribution in [-0.2, 0) is 12.0 Å². The molecule has 0 bridgehead atoms. The van der Waals surface area contributed by atoms with Crippen molar-refractivity contribution < 1.29 is 13.2 Å². The number of aromatic nitrogens is 1. The van der Waals surface area contributed by atoms with Crippen LogP contribution in [0.25, 0.3) is 10.6 Å². The van der Waals surface area contributed by atoms with Crippen molar-refractivity contribution in [2.45, 2.75) is 32.7 Å². The Morgan fingerprint density at radius 3 is 2.30 bits per heavy atom. The van der Waals surface area contributed by atoms with Crippen molar-refractivity contribution in [3.05, 3.63) is 40.2 Å². The maximum absolute atomic E-state index is 13.8. The normalized spacial score (nSPS) is 11.9. The molecule has 0 saturated heterocycles. The van der Waals surface area contributed by atoms with Crippen LogP contribution in [0.4, 0.5) is 13.2 Å². The maximum Gasteiger partial charge on any atom is 0.195 e. The van der Waals surface area contributed by atoms with Gasteiger partial charge in [0.25, 0.3) is 0 Å². The first kappa shape index (κ1) is 15.0. The van der Waals surface area contributed by atoms with Crippen molar-refractivity contribution in [3.8, 4) is 10.6 Å². The lowest BCUT2D eigenvalue weighted by molar-refractivity contribution is 0.449. The predicted molar refractivity (Wildman–Crippen MR) is 74.0 cm³/mol. The Morgan fingerprint density at radius 2 is 1.80 bits per heavy atom. The Balaban J connectivity index is 2.60. The lowest BCUT2D eigenvalue weighted by Crippen LogP contribution is -2.15. The summed E-state index contributed by atoms with van der Waals surface area (Å²) in [5, 5.41) is 0.312. The van der Waals surface area contributed by atoms with Crippen LogP contribution < -0.4 is 5.73 Å². The first-order valence-corrected chi connectivity index (χ1v) is 6.91. The Morgan fingerprint density at radius 1 is 1.15 bits per heavy atom. The van der Waals surface area contributed by atoms with Crippen LogP contribution in [0.2, 0.25) is 0 Å². The van der Waals surface area contributed by atoms with E-state index in [1.165, 1.54) is 17.4 Å².